The predicted molar refractivity (Wildman–Crippen MR) is 53.9 cm³/mol. The van der Waals surface area contributed by atoms with Crippen molar-refractivity contribution >= 4 is 17.0 Å². The fraction of sp³-hybridized carbons (Fsp3) is 0.222. The molecule has 0 amide bonds. The summed E-state index contributed by atoms with van der Waals surface area (Å²) in [5, 5.41) is 0. The summed E-state index contributed by atoms with van der Waals surface area (Å²) in [7, 11) is 1.66. The Kier molecular flexibility index (Phi) is 1.73. The van der Waals surface area contributed by atoms with E-state index in [1.54, 1.807) is 26.1 Å². The predicted octanol–water partition coefficient (Wildman–Crippen LogP) is 0.219. The number of anilines is 1. The second-order valence-corrected chi connectivity index (χ2v) is 3.14. The van der Waals surface area contributed by atoms with E-state index < -0.39 is 0 Å². The van der Waals surface area contributed by atoms with Crippen molar-refractivity contribution in [3.8, 4) is 0 Å². The van der Waals surface area contributed by atoms with Crippen LogP contribution in [0.15, 0.2) is 16.9 Å². The Morgan fingerprint density at radius 3 is 2.79 bits per heavy atom. The Hall–Kier alpha value is -1.91. The fourth-order valence-corrected chi connectivity index (χ4v) is 1.36. The molecule has 5 nitrogen and oxygen atoms in total. The number of nitrogens with two attached hydrogens (primary N) is 1. The van der Waals surface area contributed by atoms with Crippen molar-refractivity contribution in [3.05, 3.63) is 28.2 Å². The molecule has 0 aliphatic carbocycles. The quantitative estimate of drug-likeness (QED) is 0.644. The first kappa shape index (κ1) is 8.68. The molecule has 0 aliphatic heterocycles. The third-order valence-corrected chi connectivity index (χ3v) is 2.10. The van der Waals surface area contributed by atoms with Gasteiger partial charge in [0.15, 0.2) is 5.65 Å². The number of pyridine rings is 1. The first-order chi connectivity index (χ1) is 6.59. The standard InChI is InChI=1S/C9H10N4O/c1-5-9(14)13(2)8-6(11-5)3-4-7(10)12-8/h3-4H,1-2H3,(H2,10,12). The molecule has 2 aromatic rings. The Labute approximate surface area is 80.2 Å². The highest BCUT2D eigenvalue weighted by Crippen LogP contribution is 2.08. The van der Waals surface area contributed by atoms with Gasteiger partial charge in [0.1, 0.15) is 17.0 Å². The summed E-state index contributed by atoms with van der Waals surface area (Å²) in [6.07, 6.45) is 0. The maximum atomic E-state index is 11.5. The monoisotopic (exact) mass is 190 g/mol. The number of rotatable bonds is 0. The van der Waals surface area contributed by atoms with E-state index in [0.717, 1.165) is 0 Å². The molecule has 0 atom stereocenters. The lowest BCUT2D eigenvalue weighted by Gasteiger charge is -2.04. The zero-order valence-corrected chi connectivity index (χ0v) is 7.98. The van der Waals surface area contributed by atoms with Crippen molar-refractivity contribution in [3.63, 3.8) is 0 Å². The van der Waals surface area contributed by atoms with Crippen LogP contribution in [0.25, 0.3) is 11.2 Å². The molecule has 2 heterocycles. The second-order valence-electron chi connectivity index (χ2n) is 3.14. The molecule has 5 heteroatoms. The minimum Gasteiger partial charge on any atom is -0.384 e. The number of aryl methyl sites for hydroxylation is 2. The van der Waals surface area contributed by atoms with Crippen molar-refractivity contribution in [2.24, 2.45) is 7.05 Å². The van der Waals surface area contributed by atoms with Gasteiger partial charge < -0.3 is 5.73 Å². The molecule has 2 N–H and O–H groups in total. The number of hydrogen-bond acceptors (Lipinski definition) is 4. The van der Waals surface area contributed by atoms with Crippen LogP contribution in [-0.4, -0.2) is 14.5 Å². The maximum Gasteiger partial charge on any atom is 0.273 e. The van der Waals surface area contributed by atoms with Gasteiger partial charge in [-0.15, -0.1) is 0 Å². The number of hydrogen-bond donors (Lipinski definition) is 1. The summed E-state index contributed by atoms with van der Waals surface area (Å²) >= 11 is 0. The third-order valence-electron chi connectivity index (χ3n) is 2.10. The molecule has 0 saturated carbocycles. The van der Waals surface area contributed by atoms with Crippen molar-refractivity contribution in [2.45, 2.75) is 6.92 Å². The van der Waals surface area contributed by atoms with E-state index >= 15 is 0 Å². The van der Waals surface area contributed by atoms with Crippen molar-refractivity contribution in [1.29, 1.82) is 0 Å². The summed E-state index contributed by atoms with van der Waals surface area (Å²) in [5.74, 6) is 0.387. The minimum absolute atomic E-state index is 0.143. The molecule has 0 aromatic carbocycles. The molecule has 0 saturated heterocycles. The number of fused-ring (bicyclic) bond motifs is 1. The van der Waals surface area contributed by atoms with Crippen LogP contribution >= 0.6 is 0 Å². The highest BCUT2D eigenvalue weighted by atomic mass is 16.1. The van der Waals surface area contributed by atoms with Gasteiger partial charge in [-0.25, -0.2) is 9.97 Å². The van der Waals surface area contributed by atoms with Gasteiger partial charge in [-0.2, -0.15) is 0 Å². The number of aromatic nitrogens is 3. The van der Waals surface area contributed by atoms with Gasteiger partial charge >= 0.3 is 0 Å². The Morgan fingerprint density at radius 2 is 2.07 bits per heavy atom. The van der Waals surface area contributed by atoms with Crippen LogP contribution in [0.2, 0.25) is 0 Å². The van der Waals surface area contributed by atoms with Gasteiger partial charge in [0, 0.05) is 7.05 Å². The van der Waals surface area contributed by atoms with E-state index in [0.29, 0.717) is 22.7 Å². The van der Waals surface area contributed by atoms with E-state index in [4.69, 9.17) is 5.73 Å². The summed E-state index contributed by atoms with van der Waals surface area (Å²) in [6, 6.07) is 3.42. The molecule has 72 valence electrons. The highest BCUT2D eigenvalue weighted by Gasteiger charge is 2.05. The SMILES string of the molecule is Cc1nc2ccc(N)nc2n(C)c1=O. The van der Waals surface area contributed by atoms with Gasteiger partial charge in [-0.3, -0.25) is 9.36 Å². The van der Waals surface area contributed by atoms with Gasteiger partial charge in [0.25, 0.3) is 5.56 Å². The minimum atomic E-state index is -0.143. The third kappa shape index (κ3) is 1.14. The van der Waals surface area contributed by atoms with E-state index in [1.165, 1.54) is 4.57 Å². The van der Waals surface area contributed by atoms with E-state index in [9.17, 15) is 4.79 Å². The molecule has 2 aromatic heterocycles. The zero-order valence-electron chi connectivity index (χ0n) is 7.98. The lowest BCUT2D eigenvalue weighted by Crippen LogP contribution is -2.21. The average molecular weight is 190 g/mol. The lowest BCUT2D eigenvalue weighted by atomic mass is 10.3. The first-order valence-electron chi connectivity index (χ1n) is 4.19. The van der Waals surface area contributed by atoms with Crippen LogP contribution in [0.4, 0.5) is 5.82 Å². The van der Waals surface area contributed by atoms with E-state index in [2.05, 4.69) is 9.97 Å². The molecule has 0 spiro atoms. The van der Waals surface area contributed by atoms with Gasteiger partial charge in [0.2, 0.25) is 0 Å². The number of nitrogen functional groups attached to an aromatic ring is 1. The molecular weight excluding hydrogens is 180 g/mol. The van der Waals surface area contributed by atoms with Crippen molar-refractivity contribution in [2.75, 3.05) is 5.73 Å². The summed E-state index contributed by atoms with van der Waals surface area (Å²) < 4.78 is 1.45. The Bertz CT molecular complexity index is 558. The zero-order chi connectivity index (χ0) is 10.3. The van der Waals surface area contributed by atoms with Crippen LogP contribution in [0.5, 0.6) is 0 Å². The summed E-state index contributed by atoms with van der Waals surface area (Å²) in [6.45, 7) is 1.68. The van der Waals surface area contributed by atoms with Crippen LogP contribution in [0.1, 0.15) is 5.69 Å². The molecule has 14 heavy (non-hydrogen) atoms. The van der Waals surface area contributed by atoms with E-state index in [-0.39, 0.29) is 5.56 Å². The van der Waals surface area contributed by atoms with Gasteiger partial charge in [0.05, 0.1) is 0 Å². The maximum absolute atomic E-state index is 11.5. The normalized spacial score (nSPS) is 10.7. The van der Waals surface area contributed by atoms with Gasteiger partial charge in [-0.1, -0.05) is 0 Å². The van der Waals surface area contributed by atoms with Crippen LogP contribution in [-0.2, 0) is 7.05 Å². The van der Waals surface area contributed by atoms with Crippen LogP contribution < -0.4 is 11.3 Å². The summed E-state index contributed by atoms with van der Waals surface area (Å²) in [4.78, 5) is 19.7. The number of nitrogens with zero attached hydrogens (tertiary/aromatic N) is 3. The van der Waals surface area contributed by atoms with Crippen molar-refractivity contribution < 1.29 is 0 Å². The molecule has 0 bridgehead atoms. The molecule has 0 radical (unpaired) electrons. The largest absolute Gasteiger partial charge is 0.384 e. The molecule has 0 unspecified atom stereocenters. The lowest BCUT2D eigenvalue weighted by molar-refractivity contribution is 0.856. The molecule has 0 fully saturated rings. The summed E-state index contributed by atoms with van der Waals surface area (Å²) in [5.41, 5.74) is 7.04. The second kappa shape index (κ2) is 2.80. The molecule has 0 aliphatic rings. The van der Waals surface area contributed by atoms with Crippen molar-refractivity contribution in [1.82, 2.24) is 14.5 Å². The average Bonchev–Trinajstić information content (AvgIpc) is 2.16. The topological polar surface area (TPSA) is 73.8 Å². The first-order valence-corrected chi connectivity index (χ1v) is 4.19. The molecular formula is C9H10N4O. The smallest absolute Gasteiger partial charge is 0.273 e. The van der Waals surface area contributed by atoms with Crippen LogP contribution in [0, 0.1) is 6.92 Å². The highest BCUT2D eigenvalue weighted by molar-refractivity contribution is 5.72. The molecule has 2 rings (SSSR count). The Morgan fingerprint density at radius 1 is 1.36 bits per heavy atom. The van der Waals surface area contributed by atoms with Gasteiger partial charge in [-0.05, 0) is 19.1 Å². The fourth-order valence-electron chi connectivity index (χ4n) is 1.36. The van der Waals surface area contributed by atoms with Crippen LogP contribution in [0.3, 0.4) is 0 Å². The van der Waals surface area contributed by atoms with E-state index in [1.807, 2.05) is 0 Å². The Balaban J connectivity index is 2.99.